The van der Waals surface area contributed by atoms with Gasteiger partial charge in [0.1, 0.15) is 5.75 Å². The Morgan fingerprint density at radius 2 is 2.21 bits per heavy atom. The van der Waals surface area contributed by atoms with E-state index in [4.69, 9.17) is 21.4 Å². The number of aryl methyl sites for hydroxylation is 1. The van der Waals surface area contributed by atoms with Crippen LogP contribution in [0.25, 0.3) is 0 Å². The molecular formula is C10H11ClO3. The van der Waals surface area contributed by atoms with Crippen LogP contribution >= 0.6 is 11.6 Å². The Morgan fingerprint density at radius 1 is 1.57 bits per heavy atom. The van der Waals surface area contributed by atoms with Crippen LogP contribution in [0.15, 0.2) is 18.2 Å². The third-order valence-electron chi connectivity index (χ3n) is 1.80. The summed E-state index contributed by atoms with van der Waals surface area (Å²) in [5.74, 6) is -0.489. The van der Waals surface area contributed by atoms with Crippen molar-refractivity contribution in [1.82, 2.24) is 0 Å². The monoisotopic (exact) mass is 214 g/mol. The lowest BCUT2D eigenvalue weighted by Crippen LogP contribution is -2.23. The van der Waals surface area contributed by atoms with Gasteiger partial charge in [0.05, 0.1) is 0 Å². The highest BCUT2D eigenvalue weighted by molar-refractivity contribution is 6.30. The highest BCUT2D eigenvalue weighted by atomic mass is 35.5. The molecule has 0 aliphatic carbocycles. The van der Waals surface area contributed by atoms with E-state index in [1.807, 2.05) is 6.92 Å². The Kier molecular flexibility index (Phi) is 3.36. The summed E-state index contributed by atoms with van der Waals surface area (Å²) in [6, 6.07) is 5.12. The van der Waals surface area contributed by atoms with Crippen molar-refractivity contribution < 1.29 is 14.6 Å². The quantitative estimate of drug-likeness (QED) is 0.841. The molecule has 0 aliphatic heterocycles. The molecule has 0 bridgehead atoms. The second kappa shape index (κ2) is 4.33. The molecule has 0 aromatic heterocycles. The number of hydrogen-bond acceptors (Lipinski definition) is 2. The summed E-state index contributed by atoms with van der Waals surface area (Å²) in [7, 11) is 0. The van der Waals surface area contributed by atoms with Crippen molar-refractivity contribution in [2.24, 2.45) is 0 Å². The molecule has 1 aromatic rings. The minimum Gasteiger partial charge on any atom is -0.479 e. The maximum Gasteiger partial charge on any atom is 0.344 e. The predicted octanol–water partition coefficient (Wildman–Crippen LogP) is 2.50. The fraction of sp³-hybridized carbons (Fsp3) is 0.300. The third kappa shape index (κ3) is 2.64. The number of ether oxygens (including phenoxy) is 1. The van der Waals surface area contributed by atoms with Gasteiger partial charge in [-0.25, -0.2) is 4.79 Å². The zero-order valence-electron chi connectivity index (χ0n) is 7.95. The summed E-state index contributed by atoms with van der Waals surface area (Å²) in [6.07, 6.45) is -0.868. The van der Waals surface area contributed by atoms with Gasteiger partial charge in [-0.05, 0) is 31.5 Å². The second-order valence-electron chi connectivity index (χ2n) is 3.01. The van der Waals surface area contributed by atoms with E-state index in [2.05, 4.69) is 0 Å². The summed E-state index contributed by atoms with van der Waals surface area (Å²) in [5, 5.41) is 9.18. The maximum absolute atomic E-state index is 10.5. The van der Waals surface area contributed by atoms with E-state index in [1.54, 1.807) is 18.2 Å². The van der Waals surface area contributed by atoms with Crippen LogP contribution < -0.4 is 4.74 Å². The molecule has 1 rings (SSSR count). The van der Waals surface area contributed by atoms with Gasteiger partial charge < -0.3 is 9.84 Å². The molecule has 0 saturated carbocycles. The number of carboxylic acids is 1. The second-order valence-corrected chi connectivity index (χ2v) is 3.44. The fourth-order valence-electron chi connectivity index (χ4n) is 0.942. The number of benzene rings is 1. The van der Waals surface area contributed by atoms with E-state index in [9.17, 15) is 4.79 Å². The van der Waals surface area contributed by atoms with E-state index >= 15 is 0 Å². The smallest absolute Gasteiger partial charge is 0.344 e. The predicted molar refractivity (Wildman–Crippen MR) is 53.9 cm³/mol. The van der Waals surface area contributed by atoms with Crippen molar-refractivity contribution >= 4 is 17.6 Å². The van der Waals surface area contributed by atoms with Gasteiger partial charge >= 0.3 is 5.97 Å². The number of halogens is 1. The largest absolute Gasteiger partial charge is 0.479 e. The van der Waals surface area contributed by atoms with Crippen molar-refractivity contribution in [2.75, 3.05) is 0 Å². The van der Waals surface area contributed by atoms with Crippen LogP contribution in [0.3, 0.4) is 0 Å². The first-order valence-corrected chi connectivity index (χ1v) is 4.54. The van der Waals surface area contributed by atoms with Crippen LogP contribution in [0.2, 0.25) is 5.02 Å². The highest BCUT2D eigenvalue weighted by Gasteiger charge is 2.13. The molecule has 0 radical (unpaired) electrons. The topological polar surface area (TPSA) is 46.5 Å². The standard InChI is InChI=1S/C10H11ClO3/c1-6-3-4-8(11)5-9(6)14-7(2)10(12)13/h3-5,7H,1-2H3,(H,12,13)/t7-/m1/s1. The van der Waals surface area contributed by atoms with Gasteiger partial charge in [-0.3, -0.25) is 0 Å². The summed E-state index contributed by atoms with van der Waals surface area (Å²) in [6.45, 7) is 3.31. The summed E-state index contributed by atoms with van der Waals surface area (Å²) < 4.78 is 5.20. The molecule has 0 aliphatic rings. The Morgan fingerprint density at radius 3 is 2.79 bits per heavy atom. The molecule has 0 unspecified atom stereocenters. The van der Waals surface area contributed by atoms with E-state index in [0.717, 1.165) is 5.56 Å². The van der Waals surface area contributed by atoms with Crippen LogP contribution in [0.4, 0.5) is 0 Å². The van der Waals surface area contributed by atoms with Gasteiger partial charge in [-0.15, -0.1) is 0 Å². The van der Waals surface area contributed by atoms with Gasteiger partial charge in [0.15, 0.2) is 6.10 Å². The Balaban J connectivity index is 2.85. The molecule has 4 heteroatoms. The number of carbonyl (C=O) groups is 1. The Hall–Kier alpha value is -1.22. The lowest BCUT2D eigenvalue weighted by Gasteiger charge is -2.12. The minimum absolute atomic E-state index is 0.507. The summed E-state index contributed by atoms with van der Waals surface area (Å²) >= 11 is 5.75. The van der Waals surface area contributed by atoms with Crippen LogP contribution in [0.1, 0.15) is 12.5 Å². The van der Waals surface area contributed by atoms with Crippen molar-refractivity contribution in [3.8, 4) is 5.75 Å². The van der Waals surface area contributed by atoms with Gasteiger partial charge in [0, 0.05) is 5.02 Å². The first-order chi connectivity index (χ1) is 6.50. The minimum atomic E-state index is -0.996. The lowest BCUT2D eigenvalue weighted by molar-refractivity contribution is -0.144. The van der Waals surface area contributed by atoms with Gasteiger partial charge in [0.2, 0.25) is 0 Å². The van der Waals surface area contributed by atoms with Crippen molar-refractivity contribution in [1.29, 1.82) is 0 Å². The van der Waals surface area contributed by atoms with E-state index in [0.29, 0.717) is 10.8 Å². The van der Waals surface area contributed by atoms with Crippen molar-refractivity contribution in [3.63, 3.8) is 0 Å². The van der Waals surface area contributed by atoms with E-state index in [-0.39, 0.29) is 0 Å². The van der Waals surface area contributed by atoms with Crippen LogP contribution in [0, 0.1) is 6.92 Å². The van der Waals surface area contributed by atoms with E-state index < -0.39 is 12.1 Å². The molecule has 0 heterocycles. The molecule has 3 nitrogen and oxygen atoms in total. The summed E-state index contributed by atoms with van der Waals surface area (Å²) in [5.41, 5.74) is 0.863. The molecule has 1 N–H and O–H groups in total. The molecule has 76 valence electrons. The molecule has 0 saturated heterocycles. The Labute approximate surface area is 87.3 Å². The van der Waals surface area contributed by atoms with Crippen LogP contribution in [-0.4, -0.2) is 17.2 Å². The number of hydrogen-bond donors (Lipinski definition) is 1. The number of rotatable bonds is 3. The first kappa shape index (κ1) is 10.9. The number of aliphatic carboxylic acids is 1. The maximum atomic E-state index is 10.5. The molecule has 0 amide bonds. The van der Waals surface area contributed by atoms with Gasteiger partial charge in [0.25, 0.3) is 0 Å². The third-order valence-corrected chi connectivity index (χ3v) is 2.04. The SMILES string of the molecule is Cc1ccc(Cl)cc1O[C@H](C)C(=O)O. The summed E-state index contributed by atoms with van der Waals surface area (Å²) in [4.78, 5) is 10.5. The Bertz CT molecular complexity index is 349. The van der Waals surface area contributed by atoms with E-state index in [1.165, 1.54) is 6.92 Å². The zero-order chi connectivity index (χ0) is 10.7. The normalized spacial score (nSPS) is 12.2. The van der Waals surface area contributed by atoms with Gasteiger partial charge in [-0.2, -0.15) is 0 Å². The molecule has 1 aromatic carbocycles. The lowest BCUT2D eigenvalue weighted by atomic mass is 10.2. The molecule has 14 heavy (non-hydrogen) atoms. The first-order valence-electron chi connectivity index (χ1n) is 4.16. The molecular weight excluding hydrogens is 204 g/mol. The zero-order valence-corrected chi connectivity index (χ0v) is 8.71. The van der Waals surface area contributed by atoms with Crippen LogP contribution in [0.5, 0.6) is 5.75 Å². The molecule has 1 atom stereocenters. The van der Waals surface area contributed by atoms with Crippen molar-refractivity contribution in [3.05, 3.63) is 28.8 Å². The van der Waals surface area contributed by atoms with Gasteiger partial charge in [-0.1, -0.05) is 17.7 Å². The highest BCUT2D eigenvalue weighted by Crippen LogP contribution is 2.23. The van der Waals surface area contributed by atoms with Crippen LogP contribution in [-0.2, 0) is 4.79 Å². The molecule has 0 fully saturated rings. The van der Waals surface area contributed by atoms with Crippen molar-refractivity contribution in [2.45, 2.75) is 20.0 Å². The fourth-order valence-corrected chi connectivity index (χ4v) is 1.10. The average Bonchev–Trinajstić information content (AvgIpc) is 2.11. The number of carboxylic acid groups (broad SMARTS) is 1. The average molecular weight is 215 g/mol. The molecule has 0 spiro atoms.